The molecule has 0 atom stereocenters. The highest BCUT2D eigenvalue weighted by Crippen LogP contribution is 2.31. The Labute approximate surface area is 188 Å². The van der Waals surface area contributed by atoms with Crippen LogP contribution in [0.25, 0.3) is 20.4 Å². The van der Waals surface area contributed by atoms with E-state index in [0.29, 0.717) is 10.7 Å². The first-order valence-electron chi connectivity index (χ1n) is 9.31. The van der Waals surface area contributed by atoms with Crippen LogP contribution in [0.5, 0.6) is 0 Å². The Bertz CT molecular complexity index is 1520. The Kier molecular flexibility index (Phi) is 4.96. The molecule has 0 saturated heterocycles. The van der Waals surface area contributed by atoms with Crippen LogP contribution < -0.4 is 5.01 Å². The van der Waals surface area contributed by atoms with E-state index < -0.39 is 16.7 Å². The summed E-state index contributed by atoms with van der Waals surface area (Å²) in [5.41, 5.74) is 4.76. The van der Waals surface area contributed by atoms with Gasteiger partial charge in [-0.05, 0) is 48.9 Å². The number of carbonyl (C=O) groups excluding carboxylic acids is 1. The number of furan rings is 1. The second-order valence-electron chi connectivity index (χ2n) is 6.80. The minimum absolute atomic E-state index is 0.143. The van der Waals surface area contributed by atoms with Gasteiger partial charge in [0.2, 0.25) is 5.13 Å². The summed E-state index contributed by atoms with van der Waals surface area (Å²) in [6.07, 6.45) is 1.26. The van der Waals surface area contributed by atoms with E-state index in [9.17, 15) is 14.9 Å². The molecule has 32 heavy (non-hydrogen) atoms. The van der Waals surface area contributed by atoms with Crippen LogP contribution in [0.4, 0.5) is 11.0 Å². The largest absolute Gasteiger partial charge is 0.433 e. The number of hydrazone groups is 1. The molecule has 0 aliphatic carbocycles. The number of anilines is 1. The quantitative estimate of drug-likeness (QED) is 0.196. The molecule has 0 spiro atoms. The van der Waals surface area contributed by atoms with Crippen molar-refractivity contribution in [2.75, 3.05) is 5.01 Å². The van der Waals surface area contributed by atoms with Crippen LogP contribution in [0.2, 0.25) is 0 Å². The Hall–Kier alpha value is -3.96. The highest BCUT2D eigenvalue weighted by molar-refractivity contribution is 7.22. The third-order valence-electron chi connectivity index (χ3n) is 4.58. The fourth-order valence-electron chi connectivity index (χ4n) is 3.03. The zero-order valence-corrected chi connectivity index (χ0v) is 18.1. The summed E-state index contributed by atoms with van der Waals surface area (Å²) in [6.45, 7) is 1.98. The van der Waals surface area contributed by atoms with Crippen molar-refractivity contribution in [1.82, 2.24) is 9.97 Å². The lowest BCUT2D eigenvalue weighted by molar-refractivity contribution is -0.402. The lowest BCUT2D eigenvalue weighted by Crippen LogP contribution is -2.25. The van der Waals surface area contributed by atoms with Gasteiger partial charge in [-0.1, -0.05) is 17.4 Å². The summed E-state index contributed by atoms with van der Waals surface area (Å²) in [7, 11) is 0. The van der Waals surface area contributed by atoms with Gasteiger partial charge in [-0.2, -0.15) is 10.1 Å². The number of nitrogens with zero attached hydrogens (tertiary/aromatic N) is 5. The SMILES string of the molecule is Cc1ccc2nc(N(/N=C/c3ccc([N+](=O)[O-])o3)C(=O)c3ccc4ncsc4c3)sc2c1. The van der Waals surface area contributed by atoms with Crippen LogP contribution in [-0.4, -0.2) is 27.0 Å². The summed E-state index contributed by atoms with van der Waals surface area (Å²) < 4.78 is 6.92. The lowest BCUT2D eigenvalue weighted by atomic mass is 10.2. The van der Waals surface area contributed by atoms with E-state index in [1.54, 1.807) is 23.7 Å². The van der Waals surface area contributed by atoms with Crippen molar-refractivity contribution in [2.45, 2.75) is 6.92 Å². The van der Waals surface area contributed by atoms with E-state index in [1.807, 2.05) is 25.1 Å². The third-order valence-corrected chi connectivity index (χ3v) is 6.36. The molecule has 0 aliphatic rings. The fourth-order valence-corrected chi connectivity index (χ4v) is 4.77. The number of fused-ring (bicyclic) bond motifs is 2. The highest BCUT2D eigenvalue weighted by Gasteiger charge is 2.22. The maximum absolute atomic E-state index is 13.4. The molecule has 3 aromatic heterocycles. The molecular formula is C21H13N5O4S2. The first kappa shape index (κ1) is 20.0. The molecule has 3 heterocycles. The van der Waals surface area contributed by atoms with Crippen LogP contribution in [0.15, 0.2) is 63.6 Å². The number of aryl methyl sites for hydroxylation is 1. The van der Waals surface area contributed by atoms with Gasteiger partial charge in [0.25, 0.3) is 5.91 Å². The van der Waals surface area contributed by atoms with Gasteiger partial charge in [-0.25, -0.2) is 9.97 Å². The van der Waals surface area contributed by atoms with Gasteiger partial charge in [-0.15, -0.1) is 11.3 Å². The predicted molar refractivity (Wildman–Crippen MR) is 124 cm³/mol. The van der Waals surface area contributed by atoms with Crippen LogP contribution >= 0.6 is 22.7 Å². The van der Waals surface area contributed by atoms with Gasteiger partial charge in [0, 0.05) is 5.56 Å². The predicted octanol–water partition coefficient (Wildman–Crippen LogP) is 5.40. The van der Waals surface area contributed by atoms with Crippen molar-refractivity contribution in [3.63, 3.8) is 0 Å². The number of hydrogen-bond acceptors (Lipinski definition) is 9. The standard InChI is InChI=1S/C21H13N5O4S2/c1-12-2-5-16-18(8-12)32-21(24-16)25(23-10-14-4-7-19(30-14)26(28)29)20(27)13-3-6-15-17(9-13)31-11-22-15/h2-11H,1H3/b23-10+. The summed E-state index contributed by atoms with van der Waals surface area (Å²) in [5.74, 6) is -0.659. The Morgan fingerprint density at radius 3 is 2.81 bits per heavy atom. The summed E-state index contributed by atoms with van der Waals surface area (Å²) in [4.78, 5) is 32.4. The van der Waals surface area contributed by atoms with E-state index >= 15 is 0 Å². The average molecular weight is 464 g/mol. The highest BCUT2D eigenvalue weighted by atomic mass is 32.1. The lowest BCUT2D eigenvalue weighted by Gasteiger charge is -2.13. The van der Waals surface area contributed by atoms with Crippen LogP contribution in [0, 0.1) is 17.0 Å². The summed E-state index contributed by atoms with van der Waals surface area (Å²) in [6, 6.07) is 13.7. The first-order chi connectivity index (χ1) is 15.5. The average Bonchev–Trinajstić information content (AvgIpc) is 3.52. The monoisotopic (exact) mass is 463 g/mol. The van der Waals surface area contributed by atoms with Crippen molar-refractivity contribution in [3.8, 4) is 0 Å². The maximum Gasteiger partial charge on any atom is 0.433 e. The van der Waals surface area contributed by atoms with E-state index in [1.165, 1.54) is 46.0 Å². The van der Waals surface area contributed by atoms with Crippen LogP contribution in [-0.2, 0) is 0 Å². The maximum atomic E-state index is 13.4. The number of thiazole rings is 2. The van der Waals surface area contributed by atoms with E-state index in [4.69, 9.17) is 4.42 Å². The molecule has 0 radical (unpaired) electrons. The second kappa shape index (κ2) is 7.94. The molecule has 5 rings (SSSR count). The number of carbonyl (C=O) groups is 1. The number of nitro groups is 1. The molecule has 5 aromatic rings. The minimum Gasteiger partial charge on any atom is -0.400 e. The van der Waals surface area contributed by atoms with Gasteiger partial charge in [0.05, 0.1) is 38.2 Å². The summed E-state index contributed by atoms with van der Waals surface area (Å²) >= 11 is 2.76. The number of amides is 1. The normalized spacial score (nSPS) is 11.5. The Morgan fingerprint density at radius 2 is 2.00 bits per heavy atom. The van der Waals surface area contributed by atoms with Crippen LogP contribution in [0.3, 0.4) is 0 Å². The number of rotatable bonds is 5. The number of hydrogen-bond donors (Lipinski definition) is 0. The Balaban J connectivity index is 1.56. The fraction of sp³-hybridized carbons (Fsp3) is 0.0476. The van der Waals surface area contributed by atoms with Crippen molar-refractivity contribution in [2.24, 2.45) is 5.10 Å². The molecule has 0 bridgehead atoms. The summed E-state index contributed by atoms with van der Waals surface area (Å²) in [5, 5.41) is 16.7. The van der Waals surface area contributed by atoms with Crippen molar-refractivity contribution >= 4 is 66.2 Å². The van der Waals surface area contributed by atoms with Gasteiger partial charge < -0.3 is 4.42 Å². The van der Waals surface area contributed by atoms with Gasteiger partial charge in [0.15, 0.2) is 5.76 Å². The number of benzene rings is 2. The topological polar surface area (TPSA) is 115 Å². The van der Waals surface area contributed by atoms with E-state index in [0.717, 1.165) is 26.0 Å². The molecular weight excluding hydrogens is 450 g/mol. The van der Waals surface area contributed by atoms with Gasteiger partial charge >= 0.3 is 5.88 Å². The molecule has 0 aliphatic heterocycles. The smallest absolute Gasteiger partial charge is 0.400 e. The third kappa shape index (κ3) is 3.74. The number of aromatic nitrogens is 2. The van der Waals surface area contributed by atoms with Crippen molar-refractivity contribution in [1.29, 1.82) is 0 Å². The van der Waals surface area contributed by atoms with Crippen molar-refractivity contribution < 1.29 is 14.1 Å². The molecule has 11 heteroatoms. The van der Waals surface area contributed by atoms with Crippen LogP contribution in [0.1, 0.15) is 21.7 Å². The molecule has 0 unspecified atom stereocenters. The van der Waals surface area contributed by atoms with Gasteiger partial charge in [-0.3, -0.25) is 14.9 Å². The minimum atomic E-state index is -0.638. The molecule has 0 saturated carbocycles. The van der Waals surface area contributed by atoms with E-state index in [-0.39, 0.29) is 5.76 Å². The molecule has 158 valence electrons. The molecule has 9 nitrogen and oxygen atoms in total. The van der Waals surface area contributed by atoms with Gasteiger partial charge in [0.1, 0.15) is 4.92 Å². The zero-order valence-electron chi connectivity index (χ0n) is 16.5. The first-order valence-corrected chi connectivity index (χ1v) is 11.0. The van der Waals surface area contributed by atoms with E-state index in [2.05, 4.69) is 15.1 Å². The molecule has 0 N–H and O–H groups in total. The van der Waals surface area contributed by atoms with Crippen molar-refractivity contribution in [3.05, 3.63) is 81.0 Å². The molecule has 2 aromatic carbocycles. The zero-order chi connectivity index (χ0) is 22.2. The Morgan fingerprint density at radius 1 is 1.16 bits per heavy atom. The molecule has 0 fully saturated rings. The second-order valence-corrected chi connectivity index (χ2v) is 8.69. The molecule has 1 amide bonds.